The topological polar surface area (TPSA) is 57.9 Å². The molecule has 0 aliphatic rings. The molecule has 2 rings (SSSR count). The van der Waals surface area contributed by atoms with Crippen LogP contribution in [0.3, 0.4) is 0 Å². The van der Waals surface area contributed by atoms with Crippen molar-refractivity contribution in [3.05, 3.63) is 24.0 Å². The largest absolute Gasteiger partial charge is 0.401 e. The molecule has 0 atom stereocenters. The Morgan fingerprint density at radius 2 is 2.05 bits per heavy atom. The number of nitrogens with zero attached hydrogens (tertiary/aromatic N) is 2. The number of benzene rings is 1. The van der Waals surface area contributed by atoms with Crippen LogP contribution < -0.4 is 5.73 Å². The van der Waals surface area contributed by atoms with E-state index in [2.05, 4.69) is 9.97 Å². The smallest absolute Gasteiger partial charge is 0.399 e. The standard InChI is InChI=1S/C13H17F3N4/c1-8(2)20(7-13(14,15)16)6-12-18-10-4-3-9(17)5-11(10)19-12/h3-5,8H,6-7,17H2,1-2H3,(H,18,19). The molecule has 7 heteroatoms. The fourth-order valence-electron chi connectivity index (χ4n) is 2.00. The number of hydrogen-bond donors (Lipinski definition) is 2. The van der Waals surface area contributed by atoms with Crippen molar-refractivity contribution in [2.24, 2.45) is 0 Å². The number of aromatic nitrogens is 2. The van der Waals surface area contributed by atoms with Gasteiger partial charge in [0.15, 0.2) is 0 Å². The maximum atomic E-state index is 12.5. The van der Waals surface area contributed by atoms with Gasteiger partial charge in [0, 0.05) is 11.7 Å². The first-order valence-corrected chi connectivity index (χ1v) is 6.29. The number of hydrogen-bond acceptors (Lipinski definition) is 3. The summed E-state index contributed by atoms with van der Waals surface area (Å²) in [7, 11) is 0. The van der Waals surface area contributed by atoms with E-state index in [1.807, 2.05) is 0 Å². The molecule has 1 aromatic heterocycles. The van der Waals surface area contributed by atoms with Gasteiger partial charge in [0.1, 0.15) is 5.82 Å². The molecule has 0 fully saturated rings. The summed E-state index contributed by atoms with van der Waals surface area (Å²) in [6.45, 7) is 2.62. The normalized spacial score (nSPS) is 12.8. The molecular formula is C13H17F3N4. The summed E-state index contributed by atoms with van der Waals surface area (Å²) in [5.41, 5.74) is 7.68. The number of H-pyrrole nitrogens is 1. The van der Waals surface area contributed by atoms with E-state index in [4.69, 9.17) is 5.73 Å². The van der Waals surface area contributed by atoms with Crippen molar-refractivity contribution in [2.45, 2.75) is 32.6 Å². The predicted octanol–water partition coefficient (Wildman–Crippen LogP) is 2.92. The second-order valence-electron chi connectivity index (χ2n) is 5.07. The lowest BCUT2D eigenvalue weighted by atomic mass is 10.3. The van der Waals surface area contributed by atoms with Gasteiger partial charge >= 0.3 is 6.18 Å². The Bertz CT molecular complexity index is 589. The van der Waals surface area contributed by atoms with Crippen LogP contribution in [0.25, 0.3) is 11.0 Å². The molecule has 0 saturated carbocycles. The summed E-state index contributed by atoms with van der Waals surface area (Å²) in [5.74, 6) is 0.503. The van der Waals surface area contributed by atoms with Crippen LogP contribution in [0.5, 0.6) is 0 Å². The Morgan fingerprint density at radius 1 is 1.35 bits per heavy atom. The van der Waals surface area contributed by atoms with Gasteiger partial charge in [-0.25, -0.2) is 4.98 Å². The lowest BCUT2D eigenvalue weighted by molar-refractivity contribution is -0.151. The van der Waals surface area contributed by atoms with E-state index in [1.165, 1.54) is 4.90 Å². The Balaban J connectivity index is 2.20. The van der Waals surface area contributed by atoms with Crippen LogP contribution in [-0.4, -0.2) is 33.6 Å². The van der Waals surface area contributed by atoms with Crippen LogP contribution in [-0.2, 0) is 6.54 Å². The fraction of sp³-hybridized carbons (Fsp3) is 0.462. The van der Waals surface area contributed by atoms with Crippen molar-refractivity contribution in [1.82, 2.24) is 14.9 Å². The number of rotatable bonds is 4. The molecule has 0 spiro atoms. The maximum Gasteiger partial charge on any atom is 0.401 e. The molecule has 0 aliphatic carbocycles. The molecule has 3 N–H and O–H groups in total. The van der Waals surface area contributed by atoms with Gasteiger partial charge in [-0.2, -0.15) is 13.2 Å². The number of nitrogen functional groups attached to an aromatic ring is 1. The first-order valence-electron chi connectivity index (χ1n) is 6.29. The molecule has 4 nitrogen and oxygen atoms in total. The van der Waals surface area contributed by atoms with E-state index in [0.717, 1.165) is 5.52 Å². The molecule has 0 amide bonds. The van der Waals surface area contributed by atoms with E-state index in [1.54, 1.807) is 32.0 Å². The molecule has 1 heterocycles. The van der Waals surface area contributed by atoms with E-state index >= 15 is 0 Å². The molecule has 0 radical (unpaired) electrons. The van der Waals surface area contributed by atoms with Crippen molar-refractivity contribution in [2.75, 3.05) is 12.3 Å². The summed E-state index contributed by atoms with van der Waals surface area (Å²) in [6, 6.07) is 4.95. The lowest BCUT2D eigenvalue weighted by Gasteiger charge is -2.26. The Hall–Kier alpha value is -1.76. The highest BCUT2D eigenvalue weighted by atomic mass is 19.4. The van der Waals surface area contributed by atoms with Gasteiger partial charge in [0.25, 0.3) is 0 Å². The van der Waals surface area contributed by atoms with Crippen LogP contribution in [0.1, 0.15) is 19.7 Å². The lowest BCUT2D eigenvalue weighted by Crippen LogP contribution is -2.38. The molecular weight excluding hydrogens is 269 g/mol. The van der Waals surface area contributed by atoms with Crippen LogP contribution in [0.15, 0.2) is 18.2 Å². The number of nitrogens with one attached hydrogen (secondary N) is 1. The minimum Gasteiger partial charge on any atom is -0.399 e. The number of halogens is 3. The number of alkyl halides is 3. The van der Waals surface area contributed by atoms with Gasteiger partial charge < -0.3 is 10.7 Å². The SMILES string of the molecule is CC(C)N(Cc1nc2ccc(N)cc2[nH]1)CC(F)(F)F. The van der Waals surface area contributed by atoms with Crippen molar-refractivity contribution >= 4 is 16.7 Å². The molecule has 0 saturated heterocycles. The van der Waals surface area contributed by atoms with E-state index in [9.17, 15) is 13.2 Å². The van der Waals surface area contributed by atoms with E-state index < -0.39 is 12.7 Å². The minimum absolute atomic E-state index is 0.117. The summed E-state index contributed by atoms with van der Waals surface area (Å²) in [5, 5.41) is 0. The minimum atomic E-state index is -4.22. The monoisotopic (exact) mass is 286 g/mol. The summed E-state index contributed by atoms with van der Waals surface area (Å²) < 4.78 is 37.6. The highest BCUT2D eigenvalue weighted by Crippen LogP contribution is 2.21. The van der Waals surface area contributed by atoms with Crippen LogP contribution in [0.4, 0.5) is 18.9 Å². The summed E-state index contributed by atoms with van der Waals surface area (Å²) in [4.78, 5) is 8.61. The van der Waals surface area contributed by atoms with Crippen molar-refractivity contribution in [1.29, 1.82) is 0 Å². The Kier molecular flexibility index (Phi) is 3.89. The maximum absolute atomic E-state index is 12.5. The molecule has 0 unspecified atom stereocenters. The average molecular weight is 286 g/mol. The number of fused-ring (bicyclic) bond motifs is 1. The van der Waals surface area contributed by atoms with Gasteiger partial charge in [-0.15, -0.1) is 0 Å². The van der Waals surface area contributed by atoms with Gasteiger partial charge in [0.2, 0.25) is 0 Å². The zero-order valence-corrected chi connectivity index (χ0v) is 11.3. The number of anilines is 1. The highest BCUT2D eigenvalue weighted by Gasteiger charge is 2.32. The van der Waals surface area contributed by atoms with E-state index in [-0.39, 0.29) is 12.6 Å². The van der Waals surface area contributed by atoms with Crippen molar-refractivity contribution < 1.29 is 13.2 Å². The first-order chi connectivity index (χ1) is 9.24. The van der Waals surface area contributed by atoms with Crippen LogP contribution in [0, 0.1) is 0 Å². The van der Waals surface area contributed by atoms with Gasteiger partial charge in [-0.3, -0.25) is 4.90 Å². The summed E-state index contributed by atoms with van der Waals surface area (Å²) in [6.07, 6.45) is -4.22. The van der Waals surface area contributed by atoms with E-state index in [0.29, 0.717) is 17.0 Å². The number of aromatic amines is 1. The van der Waals surface area contributed by atoms with Gasteiger partial charge in [-0.1, -0.05) is 0 Å². The molecule has 1 aromatic carbocycles. The third-order valence-electron chi connectivity index (χ3n) is 3.02. The Morgan fingerprint density at radius 3 is 2.65 bits per heavy atom. The van der Waals surface area contributed by atoms with Crippen molar-refractivity contribution in [3.8, 4) is 0 Å². The molecule has 0 bridgehead atoms. The third kappa shape index (κ3) is 3.63. The summed E-state index contributed by atoms with van der Waals surface area (Å²) >= 11 is 0. The van der Waals surface area contributed by atoms with Crippen LogP contribution >= 0.6 is 0 Å². The number of imidazole rings is 1. The fourth-order valence-corrected chi connectivity index (χ4v) is 2.00. The third-order valence-corrected chi connectivity index (χ3v) is 3.02. The van der Waals surface area contributed by atoms with Crippen molar-refractivity contribution in [3.63, 3.8) is 0 Å². The molecule has 110 valence electrons. The number of nitrogens with two attached hydrogens (primary N) is 1. The zero-order valence-electron chi connectivity index (χ0n) is 11.3. The van der Waals surface area contributed by atoms with Gasteiger partial charge in [0.05, 0.1) is 24.1 Å². The second-order valence-corrected chi connectivity index (χ2v) is 5.07. The molecule has 20 heavy (non-hydrogen) atoms. The van der Waals surface area contributed by atoms with Gasteiger partial charge in [-0.05, 0) is 32.0 Å². The quantitative estimate of drug-likeness (QED) is 0.850. The average Bonchev–Trinajstić information content (AvgIpc) is 2.67. The van der Waals surface area contributed by atoms with Crippen LogP contribution in [0.2, 0.25) is 0 Å². The molecule has 0 aliphatic heterocycles. The second kappa shape index (κ2) is 5.32. The predicted molar refractivity (Wildman–Crippen MR) is 72.1 cm³/mol. The highest BCUT2D eigenvalue weighted by molar-refractivity contribution is 5.78. The first kappa shape index (κ1) is 14.6. The zero-order chi connectivity index (χ0) is 14.9. The molecule has 2 aromatic rings. The Labute approximate surface area is 114 Å².